The van der Waals surface area contributed by atoms with Gasteiger partial charge in [-0.05, 0) is 32.6 Å². The molecule has 1 fully saturated rings. The maximum Gasteiger partial charge on any atom is 0.310 e. The second-order valence-corrected chi connectivity index (χ2v) is 5.77. The van der Waals surface area contributed by atoms with Crippen LogP contribution in [-0.4, -0.2) is 33.7 Å². The van der Waals surface area contributed by atoms with Crippen molar-refractivity contribution in [2.75, 3.05) is 23.7 Å². The molecule has 0 aliphatic carbocycles. The predicted molar refractivity (Wildman–Crippen MR) is 76.5 cm³/mol. The number of nitro groups is 1. The van der Waals surface area contributed by atoms with Crippen molar-refractivity contribution in [1.82, 2.24) is 4.98 Å². The molecule has 0 spiro atoms. The van der Waals surface area contributed by atoms with Crippen molar-refractivity contribution in [3.05, 3.63) is 22.4 Å². The fraction of sp³-hybridized carbons (Fsp3) is 0.615. The van der Waals surface area contributed by atoms with Gasteiger partial charge in [-0.1, -0.05) is 0 Å². The molecule has 0 unspecified atom stereocenters. The molecule has 2 heterocycles. The smallest absolute Gasteiger partial charge is 0.310 e. The Morgan fingerprint density at radius 3 is 2.55 bits per heavy atom. The number of rotatable bonds is 3. The first kappa shape index (κ1) is 14.5. The molecule has 110 valence electrons. The van der Waals surface area contributed by atoms with Crippen molar-refractivity contribution in [3.63, 3.8) is 0 Å². The van der Waals surface area contributed by atoms with Gasteiger partial charge in [0.1, 0.15) is 17.7 Å². The zero-order valence-electron chi connectivity index (χ0n) is 11.7. The van der Waals surface area contributed by atoms with E-state index >= 15 is 0 Å². The number of pyridine rings is 1. The van der Waals surface area contributed by atoms with Crippen LogP contribution in [0.1, 0.15) is 26.7 Å². The number of anilines is 2. The third-order valence-corrected chi connectivity index (χ3v) is 3.91. The minimum absolute atomic E-state index is 0.129. The highest BCUT2D eigenvalue weighted by atomic mass is 16.6. The molecule has 0 aromatic carbocycles. The van der Waals surface area contributed by atoms with Crippen LogP contribution in [0.5, 0.6) is 0 Å². The number of hydrogen-bond donors (Lipinski definition) is 2. The van der Waals surface area contributed by atoms with Crippen molar-refractivity contribution in [3.8, 4) is 0 Å². The normalized spacial score (nSPS) is 17.2. The molecule has 20 heavy (non-hydrogen) atoms. The summed E-state index contributed by atoms with van der Waals surface area (Å²) in [6.07, 6.45) is 2.93. The average Bonchev–Trinajstić information content (AvgIpc) is 2.37. The summed E-state index contributed by atoms with van der Waals surface area (Å²) >= 11 is 0. The molecule has 0 amide bonds. The Balaban J connectivity index is 2.08. The Bertz CT molecular complexity index is 505. The number of nitrogen functional groups attached to an aromatic ring is 1. The van der Waals surface area contributed by atoms with Gasteiger partial charge < -0.3 is 15.7 Å². The van der Waals surface area contributed by atoms with Gasteiger partial charge >= 0.3 is 5.69 Å². The van der Waals surface area contributed by atoms with Gasteiger partial charge in [-0.2, -0.15) is 0 Å². The second kappa shape index (κ2) is 5.24. The van der Waals surface area contributed by atoms with Crippen LogP contribution in [0.3, 0.4) is 0 Å². The molecule has 1 aromatic rings. The van der Waals surface area contributed by atoms with Gasteiger partial charge in [0.15, 0.2) is 0 Å². The van der Waals surface area contributed by atoms with Crippen molar-refractivity contribution in [1.29, 1.82) is 0 Å². The number of aliphatic hydroxyl groups is 1. The fourth-order valence-corrected chi connectivity index (χ4v) is 2.59. The number of nitrogens with zero attached hydrogens (tertiary/aromatic N) is 3. The van der Waals surface area contributed by atoms with E-state index < -0.39 is 10.5 Å². The highest BCUT2D eigenvalue weighted by Crippen LogP contribution is 2.31. The lowest BCUT2D eigenvalue weighted by Crippen LogP contribution is -2.42. The lowest BCUT2D eigenvalue weighted by atomic mass is 9.83. The number of nitrogens with two attached hydrogens (primary N) is 1. The molecule has 7 heteroatoms. The van der Waals surface area contributed by atoms with Gasteiger partial charge in [-0.3, -0.25) is 10.1 Å². The van der Waals surface area contributed by atoms with Crippen molar-refractivity contribution < 1.29 is 10.0 Å². The Morgan fingerprint density at radius 1 is 1.50 bits per heavy atom. The summed E-state index contributed by atoms with van der Waals surface area (Å²) < 4.78 is 0. The third-order valence-electron chi connectivity index (χ3n) is 3.91. The summed E-state index contributed by atoms with van der Waals surface area (Å²) in [5.41, 5.74) is 4.97. The van der Waals surface area contributed by atoms with Gasteiger partial charge in [0.2, 0.25) is 0 Å². The topological polar surface area (TPSA) is 106 Å². The average molecular weight is 280 g/mol. The largest absolute Gasteiger partial charge is 0.393 e. The van der Waals surface area contributed by atoms with Crippen LogP contribution < -0.4 is 10.6 Å². The molecule has 0 saturated carbocycles. The molecular weight excluding hydrogens is 260 g/mol. The van der Waals surface area contributed by atoms with Crippen LogP contribution in [0.2, 0.25) is 0 Å². The van der Waals surface area contributed by atoms with Gasteiger partial charge in [0.25, 0.3) is 0 Å². The third kappa shape index (κ3) is 2.98. The summed E-state index contributed by atoms with van der Waals surface area (Å²) in [5.74, 6) is 0.913. The standard InChI is InChI=1S/C13H20N4O3/c1-13(2,18)9-3-5-16(6-4-9)12-7-10(14)11(8-15-12)17(19)20/h7-9,18H,3-6H2,1-2H3,(H2,14,15). The first-order chi connectivity index (χ1) is 9.29. The highest BCUT2D eigenvalue weighted by molar-refractivity contribution is 5.62. The minimum atomic E-state index is -0.673. The lowest BCUT2D eigenvalue weighted by molar-refractivity contribution is -0.384. The van der Waals surface area contributed by atoms with E-state index in [0.717, 1.165) is 25.9 Å². The number of aromatic nitrogens is 1. The van der Waals surface area contributed by atoms with Crippen LogP contribution >= 0.6 is 0 Å². The Morgan fingerprint density at radius 2 is 2.10 bits per heavy atom. The van der Waals surface area contributed by atoms with E-state index in [9.17, 15) is 15.2 Å². The van der Waals surface area contributed by atoms with Gasteiger partial charge in [-0.15, -0.1) is 0 Å². The molecule has 1 aromatic heterocycles. The van der Waals surface area contributed by atoms with Crippen LogP contribution in [0.15, 0.2) is 12.3 Å². The number of hydrogen-bond acceptors (Lipinski definition) is 6. The zero-order chi connectivity index (χ0) is 14.9. The first-order valence-corrected chi connectivity index (χ1v) is 6.66. The molecule has 1 aliphatic rings. The van der Waals surface area contributed by atoms with Crippen LogP contribution in [0.25, 0.3) is 0 Å². The minimum Gasteiger partial charge on any atom is -0.393 e. The van der Waals surface area contributed by atoms with E-state index in [-0.39, 0.29) is 17.3 Å². The van der Waals surface area contributed by atoms with Crippen molar-refractivity contribution >= 4 is 17.2 Å². The molecule has 1 saturated heterocycles. The molecule has 7 nitrogen and oxygen atoms in total. The fourth-order valence-electron chi connectivity index (χ4n) is 2.59. The molecule has 3 N–H and O–H groups in total. The van der Waals surface area contributed by atoms with Gasteiger partial charge in [-0.25, -0.2) is 4.98 Å². The second-order valence-electron chi connectivity index (χ2n) is 5.77. The van der Waals surface area contributed by atoms with E-state index in [1.165, 1.54) is 6.20 Å². The van der Waals surface area contributed by atoms with Crippen LogP contribution in [0, 0.1) is 16.0 Å². The van der Waals surface area contributed by atoms with E-state index in [0.29, 0.717) is 5.82 Å². The Hall–Kier alpha value is -1.89. The molecule has 0 radical (unpaired) electrons. The number of piperidine rings is 1. The maximum absolute atomic E-state index is 10.7. The van der Waals surface area contributed by atoms with E-state index in [2.05, 4.69) is 4.98 Å². The quantitative estimate of drug-likeness (QED) is 0.643. The summed E-state index contributed by atoms with van der Waals surface area (Å²) in [6, 6.07) is 1.54. The summed E-state index contributed by atoms with van der Waals surface area (Å²) in [5, 5.41) is 20.7. The summed E-state index contributed by atoms with van der Waals surface area (Å²) in [7, 11) is 0. The highest BCUT2D eigenvalue weighted by Gasteiger charge is 2.31. The van der Waals surface area contributed by atoms with E-state index in [1.807, 2.05) is 18.7 Å². The van der Waals surface area contributed by atoms with Crippen LogP contribution in [0.4, 0.5) is 17.2 Å². The lowest BCUT2D eigenvalue weighted by Gasteiger charge is -2.38. The Labute approximate surface area is 117 Å². The monoisotopic (exact) mass is 280 g/mol. The summed E-state index contributed by atoms with van der Waals surface area (Å²) in [6.45, 7) is 5.18. The predicted octanol–water partition coefficient (Wildman–Crippen LogP) is 1.56. The summed E-state index contributed by atoms with van der Waals surface area (Å²) in [4.78, 5) is 16.3. The van der Waals surface area contributed by atoms with Crippen molar-refractivity contribution in [2.45, 2.75) is 32.3 Å². The molecule has 1 aliphatic heterocycles. The van der Waals surface area contributed by atoms with E-state index in [4.69, 9.17) is 5.73 Å². The van der Waals surface area contributed by atoms with Gasteiger partial charge in [0, 0.05) is 19.2 Å². The van der Waals surface area contributed by atoms with Crippen molar-refractivity contribution in [2.24, 2.45) is 5.92 Å². The van der Waals surface area contributed by atoms with Crippen LogP contribution in [-0.2, 0) is 0 Å². The first-order valence-electron chi connectivity index (χ1n) is 6.66. The van der Waals surface area contributed by atoms with Gasteiger partial charge in [0.05, 0.1) is 10.5 Å². The molecule has 0 atom stereocenters. The maximum atomic E-state index is 10.7. The molecule has 0 bridgehead atoms. The SMILES string of the molecule is CC(C)(O)C1CCN(c2cc(N)c([N+](=O)[O-])cn2)CC1. The zero-order valence-corrected chi connectivity index (χ0v) is 11.7. The molecular formula is C13H20N4O3. The Kier molecular flexibility index (Phi) is 3.80. The van der Waals surface area contributed by atoms with E-state index in [1.54, 1.807) is 6.07 Å². The molecule has 2 rings (SSSR count).